The second-order valence-corrected chi connectivity index (χ2v) is 6.37. The van der Waals surface area contributed by atoms with Crippen LogP contribution in [-0.4, -0.2) is 48.0 Å². The largest absolute Gasteiger partial charge is 0.480 e. The fourth-order valence-corrected chi connectivity index (χ4v) is 3.24. The Morgan fingerprint density at radius 1 is 1.16 bits per heavy atom. The molecule has 0 saturated carbocycles. The molecule has 2 N–H and O–H groups in total. The standard InChI is InChI=1S/C10H10BrNO6S/c11-7-2-1-3-8(4-7)19(17,18)12(5-9(13)14)6-10(15)16/h1-4H,5-6H2,(H,13,14)(H,15,16). The van der Waals surface area contributed by atoms with Gasteiger partial charge < -0.3 is 10.2 Å². The number of aliphatic carboxylic acids is 2. The van der Waals surface area contributed by atoms with Gasteiger partial charge in [0.1, 0.15) is 13.1 Å². The Kier molecular flexibility index (Phi) is 5.04. The van der Waals surface area contributed by atoms with Gasteiger partial charge in [0, 0.05) is 4.47 Å². The van der Waals surface area contributed by atoms with Gasteiger partial charge in [-0.2, -0.15) is 4.31 Å². The lowest BCUT2D eigenvalue weighted by Crippen LogP contribution is -2.39. The maximum absolute atomic E-state index is 12.1. The van der Waals surface area contributed by atoms with Crippen LogP contribution in [0.15, 0.2) is 33.6 Å². The highest BCUT2D eigenvalue weighted by Crippen LogP contribution is 2.19. The third-order valence-electron chi connectivity index (χ3n) is 2.06. The number of hydrogen-bond donors (Lipinski definition) is 2. The summed E-state index contributed by atoms with van der Waals surface area (Å²) < 4.78 is 25.1. The maximum atomic E-state index is 12.1. The number of halogens is 1. The van der Waals surface area contributed by atoms with Crippen LogP contribution in [0.3, 0.4) is 0 Å². The summed E-state index contributed by atoms with van der Waals surface area (Å²) >= 11 is 3.09. The van der Waals surface area contributed by atoms with Crippen LogP contribution in [0.5, 0.6) is 0 Å². The van der Waals surface area contributed by atoms with E-state index in [2.05, 4.69) is 15.9 Å². The lowest BCUT2D eigenvalue weighted by atomic mass is 10.4. The van der Waals surface area contributed by atoms with E-state index in [9.17, 15) is 18.0 Å². The average Bonchev–Trinajstić information content (AvgIpc) is 2.26. The molecule has 0 atom stereocenters. The molecule has 1 aromatic rings. The van der Waals surface area contributed by atoms with Crippen molar-refractivity contribution in [3.8, 4) is 0 Å². The third kappa shape index (κ3) is 4.30. The zero-order valence-corrected chi connectivity index (χ0v) is 11.9. The molecule has 0 aromatic heterocycles. The van der Waals surface area contributed by atoms with E-state index < -0.39 is 35.1 Å². The predicted molar refractivity (Wildman–Crippen MR) is 68.2 cm³/mol. The molecule has 0 fully saturated rings. The summed E-state index contributed by atoms with van der Waals surface area (Å²) in [4.78, 5) is 21.1. The molecule has 0 amide bonds. The first-order chi connectivity index (χ1) is 8.73. The monoisotopic (exact) mass is 351 g/mol. The van der Waals surface area contributed by atoms with Crippen molar-refractivity contribution in [2.24, 2.45) is 0 Å². The highest BCUT2D eigenvalue weighted by molar-refractivity contribution is 9.10. The smallest absolute Gasteiger partial charge is 0.318 e. The van der Waals surface area contributed by atoms with E-state index >= 15 is 0 Å². The SMILES string of the molecule is O=C(O)CN(CC(=O)O)S(=O)(=O)c1cccc(Br)c1. The molecular weight excluding hydrogens is 342 g/mol. The molecule has 0 saturated heterocycles. The lowest BCUT2D eigenvalue weighted by molar-refractivity contribution is -0.139. The van der Waals surface area contributed by atoms with Gasteiger partial charge in [0.05, 0.1) is 4.90 Å². The molecule has 0 spiro atoms. The van der Waals surface area contributed by atoms with Gasteiger partial charge in [-0.25, -0.2) is 8.42 Å². The van der Waals surface area contributed by atoms with Crippen molar-refractivity contribution < 1.29 is 28.2 Å². The van der Waals surface area contributed by atoms with E-state index in [1.54, 1.807) is 6.07 Å². The molecule has 0 radical (unpaired) electrons. The molecule has 1 rings (SSSR count). The van der Waals surface area contributed by atoms with Crippen molar-refractivity contribution in [1.82, 2.24) is 4.31 Å². The summed E-state index contributed by atoms with van der Waals surface area (Å²) in [5, 5.41) is 17.3. The van der Waals surface area contributed by atoms with E-state index in [0.29, 0.717) is 8.78 Å². The highest BCUT2D eigenvalue weighted by Gasteiger charge is 2.28. The van der Waals surface area contributed by atoms with Gasteiger partial charge in [-0.3, -0.25) is 9.59 Å². The van der Waals surface area contributed by atoms with E-state index in [1.807, 2.05) is 0 Å². The number of rotatable bonds is 6. The van der Waals surface area contributed by atoms with Crippen LogP contribution in [0.2, 0.25) is 0 Å². The number of sulfonamides is 1. The first-order valence-corrected chi connectivity index (χ1v) is 7.16. The number of benzene rings is 1. The predicted octanol–water partition coefficient (Wildman–Crippen LogP) is 0.609. The van der Waals surface area contributed by atoms with Gasteiger partial charge >= 0.3 is 11.9 Å². The third-order valence-corrected chi connectivity index (χ3v) is 4.34. The van der Waals surface area contributed by atoms with E-state index in [-0.39, 0.29) is 4.90 Å². The summed E-state index contributed by atoms with van der Waals surface area (Å²) in [6.07, 6.45) is 0. The number of hydrogen-bond acceptors (Lipinski definition) is 4. The van der Waals surface area contributed by atoms with Gasteiger partial charge in [-0.05, 0) is 18.2 Å². The summed E-state index contributed by atoms with van der Waals surface area (Å²) in [7, 11) is -4.17. The number of carboxylic acids is 2. The molecular formula is C10H10BrNO6S. The van der Waals surface area contributed by atoms with Crippen LogP contribution in [0.4, 0.5) is 0 Å². The van der Waals surface area contributed by atoms with E-state index in [1.165, 1.54) is 18.2 Å². The highest BCUT2D eigenvalue weighted by atomic mass is 79.9. The van der Waals surface area contributed by atoms with Crippen LogP contribution in [0.1, 0.15) is 0 Å². The molecule has 0 unspecified atom stereocenters. The molecule has 0 bridgehead atoms. The minimum absolute atomic E-state index is 0.177. The molecule has 0 aliphatic rings. The Hall–Kier alpha value is -1.45. The summed E-state index contributed by atoms with van der Waals surface area (Å²) in [6.45, 7) is -1.83. The summed E-state index contributed by atoms with van der Waals surface area (Å²) in [5.41, 5.74) is 0. The Morgan fingerprint density at radius 3 is 2.11 bits per heavy atom. The Morgan fingerprint density at radius 2 is 1.68 bits per heavy atom. The fourth-order valence-electron chi connectivity index (χ4n) is 1.30. The summed E-state index contributed by atoms with van der Waals surface area (Å²) in [6, 6.07) is 5.58. The Bertz CT molecular complexity index is 584. The quantitative estimate of drug-likeness (QED) is 0.776. The van der Waals surface area contributed by atoms with Crippen molar-refractivity contribution in [2.75, 3.05) is 13.1 Å². The molecule has 0 heterocycles. The van der Waals surface area contributed by atoms with Crippen molar-refractivity contribution in [3.05, 3.63) is 28.7 Å². The first kappa shape index (κ1) is 15.6. The minimum atomic E-state index is -4.17. The van der Waals surface area contributed by atoms with Crippen LogP contribution >= 0.6 is 15.9 Å². The molecule has 19 heavy (non-hydrogen) atoms. The number of carbonyl (C=O) groups is 2. The van der Waals surface area contributed by atoms with Crippen LogP contribution in [-0.2, 0) is 19.6 Å². The molecule has 0 aliphatic heterocycles. The number of nitrogens with zero attached hydrogens (tertiary/aromatic N) is 1. The van der Waals surface area contributed by atoms with Crippen molar-refractivity contribution in [3.63, 3.8) is 0 Å². The average molecular weight is 352 g/mol. The van der Waals surface area contributed by atoms with Crippen LogP contribution in [0, 0.1) is 0 Å². The molecule has 7 nitrogen and oxygen atoms in total. The second kappa shape index (κ2) is 6.13. The normalized spacial score (nSPS) is 11.5. The topological polar surface area (TPSA) is 112 Å². The van der Waals surface area contributed by atoms with Crippen molar-refractivity contribution in [2.45, 2.75) is 4.90 Å². The van der Waals surface area contributed by atoms with Gasteiger partial charge in [0.2, 0.25) is 10.0 Å². The van der Waals surface area contributed by atoms with Crippen molar-refractivity contribution >= 4 is 37.9 Å². The second-order valence-electron chi connectivity index (χ2n) is 3.52. The van der Waals surface area contributed by atoms with Gasteiger partial charge in [-0.15, -0.1) is 0 Å². The van der Waals surface area contributed by atoms with Gasteiger partial charge in [0.25, 0.3) is 0 Å². The molecule has 0 aliphatic carbocycles. The lowest BCUT2D eigenvalue weighted by Gasteiger charge is -2.18. The zero-order chi connectivity index (χ0) is 14.6. The van der Waals surface area contributed by atoms with Crippen LogP contribution in [0.25, 0.3) is 0 Å². The Balaban J connectivity index is 3.18. The minimum Gasteiger partial charge on any atom is -0.480 e. The molecule has 104 valence electrons. The summed E-state index contributed by atoms with van der Waals surface area (Å²) in [5.74, 6) is -2.86. The van der Waals surface area contributed by atoms with Crippen LogP contribution < -0.4 is 0 Å². The molecule has 9 heteroatoms. The van der Waals surface area contributed by atoms with E-state index in [0.717, 1.165) is 0 Å². The zero-order valence-electron chi connectivity index (χ0n) is 9.48. The Labute approximate surface area is 117 Å². The molecule has 1 aromatic carbocycles. The first-order valence-electron chi connectivity index (χ1n) is 4.93. The van der Waals surface area contributed by atoms with Gasteiger partial charge in [-0.1, -0.05) is 22.0 Å². The maximum Gasteiger partial charge on any atom is 0.318 e. The van der Waals surface area contributed by atoms with E-state index in [4.69, 9.17) is 10.2 Å². The number of carboxylic acid groups (broad SMARTS) is 2. The van der Waals surface area contributed by atoms with Crippen molar-refractivity contribution in [1.29, 1.82) is 0 Å². The fraction of sp³-hybridized carbons (Fsp3) is 0.200. The van der Waals surface area contributed by atoms with Gasteiger partial charge in [0.15, 0.2) is 0 Å².